The molecule has 7 heteroatoms. The Hall–Kier alpha value is -4.39. The molecule has 0 saturated heterocycles. The molecule has 1 aromatic heterocycles. The van der Waals surface area contributed by atoms with E-state index in [1.807, 2.05) is 42.5 Å². The second-order valence-electron chi connectivity index (χ2n) is 6.92. The van der Waals surface area contributed by atoms with Crippen LogP contribution in [-0.4, -0.2) is 36.5 Å². The van der Waals surface area contributed by atoms with Crippen LogP contribution in [0.1, 0.15) is 16.1 Å². The Bertz CT molecular complexity index is 1230. The third kappa shape index (κ3) is 4.67. The first-order valence-electron chi connectivity index (χ1n) is 9.94. The molecular formula is C25H22N4O3. The third-order valence-electron chi connectivity index (χ3n) is 4.90. The highest BCUT2D eigenvalue weighted by atomic mass is 16.5. The molecule has 0 spiro atoms. The van der Waals surface area contributed by atoms with Gasteiger partial charge < -0.3 is 9.47 Å². The largest absolute Gasteiger partial charge is 0.497 e. The fourth-order valence-electron chi connectivity index (χ4n) is 3.21. The number of aromatic amines is 1. The van der Waals surface area contributed by atoms with Gasteiger partial charge >= 0.3 is 0 Å². The average molecular weight is 426 g/mol. The fourth-order valence-corrected chi connectivity index (χ4v) is 3.21. The fraction of sp³-hybridized carbons (Fsp3) is 0.0800. The second-order valence-corrected chi connectivity index (χ2v) is 6.92. The number of methoxy groups -OCH3 is 2. The molecular weight excluding hydrogens is 404 g/mol. The maximum atomic E-state index is 12.4. The highest BCUT2D eigenvalue weighted by molar-refractivity contribution is 5.94. The summed E-state index contributed by atoms with van der Waals surface area (Å²) in [6, 6.07) is 25.1. The Kier molecular flexibility index (Phi) is 6.27. The molecule has 4 rings (SSSR count). The number of aromatic nitrogens is 2. The lowest BCUT2D eigenvalue weighted by molar-refractivity contribution is 0.0950. The minimum atomic E-state index is -0.400. The van der Waals surface area contributed by atoms with Gasteiger partial charge in [0.25, 0.3) is 5.91 Å². The molecule has 0 atom stereocenters. The van der Waals surface area contributed by atoms with Gasteiger partial charge in [-0.3, -0.25) is 9.89 Å². The molecule has 0 aliphatic heterocycles. The minimum absolute atomic E-state index is 0.279. The summed E-state index contributed by atoms with van der Waals surface area (Å²) >= 11 is 0. The molecule has 0 bridgehead atoms. The summed E-state index contributed by atoms with van der Waals surface area (Å²) in [4.78, 5) is 12.4. The minimum Gasteiger partial charge on any atom is -0.497 e. The summed E-state index contributed by atoms with van der Waals surface area (Å²) in [7, 11) is 3.16. The van der Waals surface area contributed by atoms with Crippen LogP contribution in [-0.2, 0) is 0 Å². The quantitative estimate of drug-likeness (QED) is 0.336. The van der Waals surface area contributed by atoms with Gasteiger partial charge in [0, 0.05) is 5.56 Å². The molecule has 32 heavy (non-hydrogen) atoms. The Morgan fingerprint density at radius 1 is 0.938 bits per heavy atom. The van der Waals surface area contributed by atoms with E-state index in [-0.39, 0.29) is 5.69 Å². The summed E-state index contributed by atoms with van der Waals surface area (Å²) in [6.07, 6.45) is 1.59. The molecule has 0 saturated carbocycles. The van der Waals surface area contributed by atoms with Gasteiger partial charge in [-0.25, -0.2) is 5.43 Å². The van der Waals surface area contributed by atoms with Crippen LogP contribution in [0.3, 0.4) is 0 Å². The number of H-pyrrole nitrogens is 1. The van der Waals surface area contributed by atoms with Crippen molar-refractivity contribution in [1.29, 1.82) is 0 Å². The van der Waals surface area contributed by atoms with Gasteiger partial charge in [-0.2, -0.15) is 10.2 Å². The second kappa shape index (κ2) is 9.61. The molecule has 0 aliphatic carbocycles. The van der Waals surface area contributed by atoms with Crippen molar-refractivity contribution in [2.45, 2.75) is 0 Å². The van der Waals surface area contributed by atoms with Crippen molar-refractivity contribution in [3.05, 3.63) is 90.1 Å². The number of hydrazone groups is 1. The summed E-state index contributed by atoms with van der Waals surface area (Å²) in [5.41, 5.74) is 7.20. The number of ether oxygens (including phenoxy) is 2. The summed E-state index contributed by atoms with van der Waals surface area (Å²) in [6.45, 7) is 0. The standard InChI is InChI=1S/C25H22N4O3/c1-31-20-12-13-24(32-2)21(14-20)22-15-23(28-27-22)25(30)29-26-16-17-8-10-19(11-9-17)18-6-4-3-5-7-18/h3-16H,1-2H3,(H,27,28)(H,29,30). The molecule has 160 valence electrons. The maximum absolute atomic E-state index is 12.4. The number of nitrogens with zero attached hydrogens (tertiary/aromatic N) is 2. The van der Waals surface area contributed by atoms with E-state index in [0.717, 1.165) is 16.7 Å². The van der Waals surface area contributed by atoms with Crippen LogP contribution < -0.4 is 14.9 Å². The van der Waals surface area contributed by atoms with E-state index in [1.54, 1.807) is 44.7 Å². The zero-order chi connectivity index (χ0) is 22.3. The normalized spacial score (nSPS) is 10.8. The number of amides is 1. The first kappa shape index (κ1) is 20.9. The molecule has 1 heterocycles. The van der Waals surface area contributed by atoms with Crippen molar-refractivity contribution in [3.63, 3.8) is 0 Å². The topological polar surface area (TPSA) is 88.6 Å². The SMILES string of the molecule is COc1ccc(OC)c(-c2cc(C(=O)NN=Cc3ccc(-c4ccccc4)cc3)[nH]n2)c1. The van der Waals surface area contributed by atoms with Crippen molar-refractivity contribution in [1.82, 2.24) is 15.6 Å². The third-order valence-corrected chi connectivity index (χ3v) is 4.90. The van der Waals surface area contributed by atoms with Gasteiger partial charge in [0.1, 0.15) is 17.2 Å². The zero-order valence-corrected chi connectivity index (χ0v) is 17.7. The predicted octanol–water partition coefficient (Wildman–Crippen LogP) is 4.52. The maximum Gasteiger partial charge on any atom is 0.289 e. The van der Waals surface area contributed by atoms with Crippen molar-refractivity contribution >= 4 is 12.1 Å². The number of carbonyl (C=O) groups is 1. The van der Waals surface area contributed by atoms with Crippen LogP contribution in [0, 0.1) is 0 Å². The van der Waals surface area contributed by atoms with E-state index in [4.69, 9.17) is 9.47 Å². The van der Waals surface area contributed by atoms with Crippen molar-refractivity contribution in [2.24, 2.45) is 5.10 Å². The number of hydrogen-bond acceptors (Lipinski definition) is 5. The predicted molar refractivity (Wildman–Crippen MR) is 124 cm³/mol. The lowest BCUT2D eigenvalue weighted by Crippen LogP contribution is -2.17. The van der Waals surface area contributed by atoms with Gasteiger partial charge in [-0.1, -0.05) is 54.6 Å². The number of hydrogen-bond donors (Lipinski definition) is 2. The molecule has 0 aliphatic rings. The molecule has 2 N–H and O–H groups in total. The Morgan fingerprint density at radius 3 is 2.41 bits per heavy atom. The van der Waals surface area contributed by atoms with Crippen molar-refractivity contribution in [2.75, 3.05) is 14.2 Å². The smallest absolute Gasteiger partial charge is 0.289 e. The van der Waals surface area contributed by atoms with Crippen molar-refractivity contribution < 1.29 is 14.3 Å². The number of nitrogens with one attached hydrogen (secondary N) is 2. The van der Waals surface area contributed by atoms with Gasteiger partial charge in [0.05, 0.1) is 26.1 Å². The van der Waals surface area contributed by atoms with Crippen LogP contribution in [0.4, 0.5) is 0 Å². The van der Waals surface area contributed by atoms with E-state index in [1.165, 1.54) is 0 Å². The van der Waals surface area contributed by atoms with Crippen LogP contribution in [0.15, 0.2) is 84.0 Å². The number of carbonyl (C=O) groups excluding carboxylic acids is 1. The van der Waals surface area contributed by atoms with Crippen LogP contribution >= 0.6 is 0 Å². The Morgan fingerprint density at radius 2 is 1.69 bits per heavy atom. The van der Waals surface area contributed by atoms with Gasteiger partial charge in [-0.05, 0) is 41.0 Å². The van der Waals surface area contributed by atoms with Gasteiger partial charge in [-0.15, -0.1) is 0 Å². The van der Waals surface area contributed by atoms with E-state index >= 15 is 0 Å². The molecule has 3 aromatic carbocycles. The monoisotopic (exact) mass is 426 g/mol. The number of benzene rings is 3. The molecule has 4 aromatic rings. The first-order valence-corrected chi connectivity index (χ1v) is 9.94. The van der Waals surface area contributed by atoms with Crippen molar-refractivity contribution in [3.8, 4) is 33.9 Å². The average Bonchev–Trinajstić information content (AvgIpc) is 3.35. The first-order chi connectivity index (χ1) is 15.7. The molecule has 0 unspecified atom stereocenters. The summed E-state index contributed by atoms with van der Waals surface area (Å²) in [5.74, 6) is 0.890. The zero-order valence-electron chi connectivity index (χ0n) is 17.7. The highest BCUT2D eigenvalue weighted by Crippen LogP contribution is 2.32. The summed E-state index contributed by atoms with van der Waals surface area (Å²) < 4.78 is 10.7. The van der Waals surface area contributed by atoms with Crippen LogP contribution in [0.25, 0.3) is 22.4 Å². The molecule has 7 nitrogen and oxygen atoms in total. The van der Waals surface area contributed by atoms with Gasteiger partial charge in [0.15, 0.2) is 0 Å². The lowest BCUT2D eigenvalue weighted by Gasteiger charge is -2.08. The summed E-state index contributed by atoms with van der Waals surface area (Å²) in [5, 5.41) is 11.0. The van der Waals surface area contributed by atoms with E-state index in [9.17, 15) is 4.79 Å². The van der Waals surface area contributed by atoms with E-state index in [2.05, 4.69) is 32.9 Å². The van der Waals surface area contributed by atoms with Gasteiger partial charge in [0.2, 0.25) is 0 Å². The number of rotatable bonds is 7. The highest BCUT2D eigenvalue weighted by Gasteiger charge is 2.14. The molecule has 0 fully saturated rings. The Balaban J connectivity index is 1.42. The lowest BCUT2D eigenvalue weighted by atomic mass is 10.0. The van der Waals surface area contributed by atoms with E-state index in [0.29, 0.717) is 22.8 Å². The van der Waals surface area contributed by atoms with E-state index < -0.39 is 5.91 Å². The Labute approximate surface area is 185 Å². The molecule has 0 radical (unpaired) electrons. The molecule has 1 amide bonds. The van der Waals surface area contributed by atoms with Crippen LogP contribution in [0.2, 0.25) is 0 Å². The van der Waals surface area contributed by atoms with Crippen LogP contribution in [0.5, 0.6) is 11.5 Å².